The number of halogens is 1. The molecule has 0 unspecified atom stereocenters. The molecule has 28 heavy (non-hydrogen) atoms. The zero-order valence-electron chi connectivity index (χ0n) is 14.7. The summed E-state index contributed by atoms with van der Waals surface area (Å²) >= 11 is 0. The molecule has 5 rings (SSSR count). The van der Waals surface area contributed by atoms with Crippen LogP contribution in [0.3, 0.4) is 0 Å². The molecular weight excluding hydrogens is 385 g/mol. The minimum atomic E-state index is -3.04. The highest BCUT2D eigenvalue weighted by Gasteiger charge is 2.37. The fourth-order valence-corrected chi connectivity index (χ4v) is 4.62. The topological polar surface area (TPSA) is 104 Å². The van der Waals surface area contributed by atoms with E-state index in [0.717, 1.165) is 0 Å². The minimum absolute atomic E-state index is 0.00597. The Morgan fingerprint density at radius 2 is 1.79 bits per heavy atom. The first-order chi connectivity index (χ1) is 13.4. The van der Waals surface area contributed by atoms with Gasteiger partial charge in [-0.1, -0.05) is 0 Å². The Morgan fingerprint density at radius 3 is 2.50 bits per heavy atom. The van der Waals surface area contributed by atoms with Crippen LogP contribution in [0.2, 0.25) is 0 Å². The van der Waals surface area contributed by atoms with Gasteiger partial charge in [-0.05, 0) is 37.3 Å². The van der Waals surface area contributed by atoms with Crippen LogP contribution in [0.25, 0.3) is 33.7 Å². The van der Waals surface area contributed by atoms with E-state index in [1.165, 1.54) is 23.3 Å². The van der Waals surface area contributed by atoms with E-state index < -0.39 is 9.84 Å². The second-order valence-corrected chi connectivity index (χ2v) is 8.91. The van der Waals surface area contributed by atoms with Crippen LogP contribution >= 0.6 is 0 Å². The Bertz CT molecular complexity index is 1300. The smallest absolute Gasteiger partial charge is 0.229 e. The molecular formula is C18H14FN5O3S. The van der Waals surface area contributed by atoms with Gasteiger partial charge in [-0.25, -0.2) is 22.8 Å². The molecule has 0 aliphatic carbocycles. The third-order valence-corrected chi connectivity index (χ3v) is 6.43. The molecule has 4 aromatic rings. The third-order valence-electron chi connectivity index (χ3n) is 4.64. The second-order valence-electron chi connectivity index (χ2n) is 6.75. The van der Waals surface area contributed by atoms with E-state index in [9.17, 15) is 12.8 Å². The zero-order chi connectivity index (χ0) is 19.5. The van der Waals surface area contributed by atoms with Crippen molar-refractivity contribution in [2.45, 2.75) is 13.0 Å². The van der Waals surface area contributed by atoms with Crippen molar-refractivity contribution in [3.8, 4) is 22.6 Å². The highest BCUT2D eigenvalue weighted by atomic mass is 32.2. The first-order valence-electron chi connectivity index (χ1n) is 8.54. The number of rotatable bonds is 3. The molecule has 1 aromatic carbocycles. The van der Waals surface area contributed by atoms with Crippen molar-refractivity contribution in [1.82, 2.24) is 25.0 Å². The average Bonchev–Trinajstić information content (AvgIpc) is 3.22. The number of aryl methyl sites for hydroxylation is 1. The first kappa shape index (κ1) is 17.0. The molecule has 8 nitrogen and oxygen atoms in total. The Hall–Kier alpha value is -3.14. The zero-order valence-corrected chi connectivity index (χ0v) is 15.5. The Labute approximate surface area is 159 Å². The highest BCUT2D eigenvalue weighted by Crippen LogP contribution is 2.34. The molecule has 1 aliphatic heterocycles. The van der Waals surface area contributed by atoms with E-state index >= 15 is 0 Å². The summed E-state index contributed by atoms with van der Waals surface area (Å²) in [5.41, 5.74) is 2.55. The van der Waals surface area contributed by atoms with Gasteiger partial charge in [0.05, 0.1) is 22.9 Å². The summed E-state index contributed by atoms with van der Waals surface area (Å²) in [5.74, 6) is 0.303. The maximum Gasteiger partial charge on any atom is 0.229 e. The number of hydrogen-bond donors (Lipinski definition) is 0. The molecule has 1 saturated heterocycles. The summed E-state index contributed by atoms with van der Waals surface area (Å²) in [4.78, 5) is 9.90. The van der Waals surface area contributed by atoms with Gasteiger partial charge in [-0.2, -0.15) is 15.0 Å². The van der Waals surface area contributed by atoms with Crippen LogP contribution in [0.5, 0.6) is 0 Å². The lowest BCUT2D eigenvalue weighted by Crippen LogP contribution is -2.39. The number of fused-ring (bicyclic) bond motifs is 1. The van der Waals surface area contributed by atoms with Crippen LogP contribution in [0, 0.1) is 12.7 Å². The van der Waals surface area contributed by atoms with Crippen LogP contribution in [0.1, 0.15) is 11.8 Å². The first-order valence-corrected chi connectivity index (χ1v) is 10.4. The van der Waals surface area contributed by atoms with Crippen LogP contribution in [0.4, 0.5) is 4.39 Å². The molecule has 1 aliphatic rings. The van der Waals surface area contributed by atoms with Gasteiger partial charge in [0.1, 0.15) is 35.0 Å². The fourth-order valence-electron chi connectivity index (χ4n) is 3.28. The Balaban J connectivity index is 1.71. The third kappa shape index (κ3) is 2.76. The summed E-state index contributed by atoms with van der Waals surface area (Å²) in [6.45, 7) is 1.81. The molecule has 1 fully saturated rings. The average molecular weight is 399 g/mol. The number of furan rings is 1. The van der Waals surface area contributed by atoms with Crippen LogP contribution in [-0.4, -0.2) is 44.9 Å². The monoisotopic (exact) mass is 399 g/mol. The van der Waals surface area contributed by atoms with Gasteiger partial charge in [-0.3, -0.25) is 0 Å². The van der Waals surface area contributed by atoms with Crippen molar-refractivity contribution in [2.75, 3.05) is 11.5 Å². The normalized spacial score (nSPS) is 16.4. The van der Waals surface area contributed by atoms with Gasteiger partial charge in [0.15, 0.2) is 9.84 Å². The Morgan fingerprint density at radius 1 is 1.07 bits per heavy atom. The largest absolute Gasteiger partial charge is 0.443 e. The predicted octanol–water partition coefficient (Wildman–Crippen LogP) is 2.57. The van der Waals surface area contributed by atoms with E-state index in [0.29, 0.717) is 39.5 Å². The van der Waals surface area contributed by atoms with Crippen LogP contribution < -0.4 is 0 Å². The molecule has 0 bridgehead atoms. The number of nitrogens with zero attached hydrogens (tertiary/aromatic N) is 5. The van der Waals surface area contributed by atoms with Crippen molar-refractivity contribution >= 4 is 20.9 Å². The van der Waals surface area contributed by atoms with E-state index in [1.54, 1.807) is 12.1 Å². The number of benzene rings is 1. The van der Waals surface area contributed by atoms with Gasteiger partial charge < -0.3 is 4.42 Å². The molecule has 142 valence electrons. The summed E-state index contributed by atoms with van der Waals surface area (Å²) < 4.78 is 42.1. The molecule has 0 spiro atoms. The summed E-state index contributed by atoms with van der Waals surface area (Å²) in [5, 5.41) is 9.73. The van der Waals surface area contributed by atoms with Gasteiger partial charge >= 0.3 is 0 Å². The lowest BCUT2D eigenvalue weighted by Gasteiger charge is -2.24. The summed E-state index contributed by atoms with van der Waals surface area (Å²) in [7, 11) is -3.04. The molecule has 4 heterocycles. The maximum atomic E-state index is 13.4. The van der Waals surface area contributed by atoms with Crippen molar-refractivity contribution in [3.63, 3.8) is 0 Å². The van der Waals surface area contributed by atoms with Crippen LogP contribution in [-0.2, 0) is 9.84 Å². The highest BCUT2D eigenvalue weighted by molar-refractivity contribution is 7.92. The predicted molar refractivity (Wildman–Crippen MR) is 98.6 cm³/mol. The van der Waals surface area contributed by atoms with E-state index in [4.69, 9.17) is 4.42 Å². The van der Waals surface area contributed by atoms with Gasteiger partial charge in [-0.15, -0.1) is 0 Å². The van der Waals surface area contributed by atoms with Crippen molar-refractivity contribution in [3.05, 3.63) is 48.2 Å². The number of sulfone groups is 1. The lowest BCUT2D eigenvalue weighted by molar-refractivity contribution is 0.430. The molecule has 3 aromatic heterocycles. The van der Waals surface area contributed by atoms with Gasteiger partial charge in [0, 0.05) is 5.56 Å². The van der Waals surface area contributed by atoms with Gasteiger partial charge in [0.2, 0.25) is 5.71 Å². The van der Waals surface area contributed by atoms with Gasteiger partial charge in [0.25, 0.3) is 0 Å². The fraction of sp³-hybridized carbons (Fsp3) is 0.222. The molecule has 0 amide bonds. The van der Waals surface area contributed by atoms with E-state index in [1.807, 2.05) is 13.0 Å². The molecule has 0 saturated carbocycles. The van der Waals surface area contributed by atoms with Crippen molar-refractivity contribution in [1.29, 1.82) is 0 Å². The number of hydrogen-bond acceptors (Lipinski definition) is 7. The number of aromatic nitrogens is 5. The second kappa shape index (κ2) is 5.93. The lowest BCUT2D eigenvalue weighted by atomic mass is 10.1. The van der Waals surface area contributed by atoms with Crippen LogP contribution in [0.15, 0.2) is 41.1 Å². The minimum Gasteiger partial charge on any atom is -0.443 e. The quantitative estimate of drug-likeness (QED) is 0.521. The molecule has 0 radical (unpaired) electrons. The summed E-state index contributed by atoms with van der Waals surface area (Å²) in [6, 6.07) is 7.35. The SMILES string of the molecule is Cc1cc2c(-c3nn(C4CS(=O)(=O)C4)nc3-c3ccc(F)cc3)ncnc2o1. The summed E-state index contributed by atoms with van der Waals surface area (Å²) in [6.07, 6.45) is 1.38. The van der Waals surface area contributed by atoms with Crippen molar-refractivity contribution in [2.24, 2.45) is 0 Å². The standard InChI is InChI=1S/C18H14FN5O3S/c1-10-6-14-16(20-9-21-18(14)27-10)17-15(11-2-4-12(19)5-3-11)22-24(23-17)13-7-28(25,26)8-13/h2-6,9,13H,7-8H2,1H3. The molecule has 0 N–H and O–H groups in total. The van der Waals surface area contributed by atoms with Crippen molar-refractivity contribution < 1.29 is 17.2 Å². The van der Waals surface area contributed by atoms with E-state index in [2.05, 4.69) is 20.2 Å². The molecule has 0 atom stereocenters. The maximum absolute atomic E-state index is 13.4. The molecule has 10 heteroatoms. The Kier molecular flexibility index (Phi) is 3.60. The van der Waals surface area contributed by atoms with E-state index in [-0.39, 0.29) is 23.4 Å².